The minimum Gasteiger partial charge on any atom is -0.457 e. The van der Waals surface area contributed by atoms with Crippen LogP contribution < -0.4 is 0 Å². The molecule has 0 aliphatic rings. The Hall–Kier alpha value is -0.550. The molecule has 20 heavy (non-hydrogen) atoms. The normalized spacial score (nSPS) is 10.4. The largest absolute Gasteiger partial charge is 0.457 e. The highest BCUT2D eigenvalue weighted by molar-refractivity contribution is 9.10. The van der Waals surface area contributed by atoms with Crippen molar-refractivity contribution in [2.75, 3.05) is 0 Å². The third-order valence-corrected chi connectivity index (χ3v) is 4.20. The molecule has 2 nitrogen and oxygen atoms in total. The van der Waals surface area contributed by atoms with Crippen LogP contribution in [0.3, 0.4) is 0 Å². The molecule has 104 valence electrons. The molecule has 0 amide bonds. The van der Waals surface area contributed by atoms with Crippen molar-refractivity contribution >= 4 is 61.0 Å². The molecule has 0 spiro atoms. The lowest BCUT2D eigenvalue weighted by molar-refractivity contribution is 0.0473. The first-order valence-corrected chi connectivity index (χ1v) is 7.87. The molecule has 0 aromatic heterocycles. The fraction of sp³-hybridized carbons (Fsp3) is 0.0714. The quantitative estimate of drug-likeness (QED) is 0.560. The highest BCUT2D eigenvalue weighted by atomic mass is 79.9. The Morgan fingerprint density at radius 1 is 1.00 bits per heavy atom. The van der Waals surface area contributed by atoms with E-state index in [9.17, 15) is 4.79 Å². The van der Waals surface area contributed by atoms with Crippen LogP contribution in [0.1, 0.15) is 15.9 Å². The SMILES string of the molecule is O=C(OCc1cc(Br)ccc1Cl)c1cc(Br)ccc1Cl. The molecule has 2 aromatic rings. The maximum atomic E-state index is 12.0. The molecule has 2 aromatic carbocycles. The zero-order chi connectivity index (χ0) is 14.7. The van der Waals surface area contributed by atoms with Crippen molar-refractivity contribution in [2.45, 2.75) is 6.61 Å². The number of rotatable bonds is 3. The topological polar surface area (TPSA) is 26.3 Å². The van der Waals surface area contributed by atoms with Gasteiger partial charge in [0.25, 0.3) is 0 Å². The van der Waals surface area contributed by atoms with Gasteiger partial charge in [0.1, 0.15) is 6.61 Å². The lowest BCUT2D eigenvalue weighted by Crippen LogP contribution is -2.06. The predicted molar refractivity (Wildman–Crippen MR) is 87.4 cm³/mol. The highest BCUT2D eigenvalue weighted by Crippen LogP contribution is 2.24. The summed E-state index contributed by atoms with van der Waals surface area (Å²) in [5, 5.41) is 0.889. The summed E-state index contributed by atoms with van der Waals surface area (Å²) in [5.41, 5.74) is 1.03. The molecule has 0 N–H and O–H groups in total. The first kappa shape index (κ1) is 15.8. The van der Waals surface area contributed by atoms with Crippen LogP contribution in [0.4, 0.5) is 0 Å². The Morgan fingerprint density at radius 3 is 2.30 bits per heavy atom. The highest BCUT2D eigenvalue weighted by Gasteiger charge is 2.13. The number of hydrogen-bond donors (Lipinski definition) is 0. The number of halogens is 4. The van der Waals surface area contributed by atoms with E-state index in [1.165, 1.54) is 0 Å². The van der Waals surface area contributed by atoms with Gasteiger partial charge in [-0.15, -0.1) is 0 Å². The Bertz CT molecular complexity index is 660. The molecule has 0 atom stereocenters. The molecule has 0 saturated carbocycles. The number of carbonyl (C=O) groups excluding carboxylic acids is 1. The van der Waals surface area contributed by atoms with Crippen LogP contribution in [0.2, 0.25) is 10.0 Å². The van der Waals surface area contributed by atoms with Crippen LogP contribution >= 0.6 is 55.1 Å². The van der Waals surface area contributed by atoms with Crippen LogP contribution in [-0.4, -0.2) is 5.97 Å². The van der Waals surface area contributed by atoms with Crippen molar-refractivity contribution in [3.63, 3.8) is 0 Å². The second kappa shape index (κ2) is 6.94. The van der Waals surface area contributed by atoms with Crippen molar-refractivity contribution < 1.29 is 9.53 Å². The molecular formula is C14H8Br2Cl2O2. The smallest absolute Gasteiger partial charge is 0.340 e. The fourth-order valence-corrected chi connectivity index (χ4v) is 2.67. The van der Waals surface area contributed by atoms with Crippen molar-refractivity contribution in [1.82, 2.24) is 0 Å². The Balaban J connectivity index is 2.12. The van der Waals surface area contributed by atoms with E-state index < -0.39 is 5.97 Å². The van der Waals surface area contributed by atoms with E-state index in [0.29, 0.717) is 15.6 Å². The molecule has 2 rings (SSSR count). The summed E-state index contributed by atoms with van der Waals surface area (Å²) < 4.78 is 6.86. The third kappa shape index (κ3) is 3.98. The van der Waals surface area contributed by atoms with Gasteiger partial charge in [-0.1, -0.05) is 55.1 Å². The molecule has 0 radical (unpaired) electrons. The molecular weight excluding hydrogens is 431 g/mol. The van der Waals surface area contributed by atoms with Gasteiger partial charge in [-0.3, -0.25) is 0 Å². The van der Waals surface area contributed by atoms with E-state index in [0.717, 1.165) is 14.5 Å². The van der Waals surface area contributed by atoms with Crippen molar-refractivity contribution in [1.29, 1.82) is 0 Å². The summed E-state index contributed by atoms with van der Waals surface area (Å²) in [6.07, 6.45) is 0. The fourth-order valence-electron chi connectivity index (χ4n) is 1.53. The molecule has 0 saturated heterocycles. The minimum absolute atomic E-state index is 0.0833. The van der Waals surface area contributed by atoms with Gasteiger partial charge >= 0.3 is 5.97 Å². The summed E-state index contributed by atoms with van der Waals surface area (Å²) in [6, 6.07) is 10.4. The molecule has 0 bridgehead atoms. The van der Waals surface area contributed by atoms with Gasteiger partial charge in [0.2, 0.25) is 0 Å². The lowest BCUT2D eigenvalue weighted by Gasteiger charge is -2.08. The molecule has 0 fully saturated rings. The zero-order valence-corrected chi connectivity index (χ0v) is 14.7. The van der Waals surface area contributed by atoms with E-state index in [-0.39, 0.29) is 6.61 Å². The van der Waals surface area contributed by atoms with Crippen molar-refractivity contribution in [2.24, 2.45) is 0 Å². The van der Waals surface area contributed by atoms with Crippen LogP contribution in [0.5, 0.6) is 0 Å². The summed E-state index contributed by atoms with van der Waals surface area (Å²) >= 11 is 18.6. The van der Waals surface area contributed by atoms with Crippen molar-refractivity contribution in [3.8, 4) is 0 Å². The Kier molecular flexibility index (Phi) is 5.49. The average Bonchev–Trinajstić information content (AvgIpc) is 2.42. The Labute approximate surface area is 143 Å². The summed E-state index contributed by atoms with van der Waals surface area (Å²) in [5.74, 6) is -0.493. The average molecular weight is 439 g/mol. The summed E-state index contributed by atoms with van der Waals surface area (Å²) in [6.45, 7) is 0.0833. The van der Waals surface area contributed by atoms with Crippen LogP contribution in [0.25, 0.3) is 0 Å². The number of benzene rings is 2. The monoisotopic (exact) mass is 436 g/mol. The second-order valence-electron chi connectivity index (χ2n) is 3.94. The molecule has 0 aliphatic heterocycles. The standard InChI is InChI=1S/C14H8Br2Cl2O2/c15-9-1-3-12(17)8(5-9)7-20-14(19)11-6-10(16)2-4-13(11)18/h1-6H,7H2. The van der Waals surface area contributed by atoms with Crippen LogP contribution in [0, 0.1) is 0 Å². The maximum Gasteiger partial charge on any atom is 0.340 e. The van der Waals surface area contributed by atoms with Gasteiger partial charge in [0, 0.05) is 19.5 Å². The van der Waals surface area contributed by atoms with Gasteiger partial charge in [-0.05, 0) is 36.4 Å². The van der Waals surface area contributed by atoms with Crippen molar-refractivity contribution in [3.05, 3.63) is 66.5 Å². The molecule has 0 aliphatic carbocycles. The van der Waals surface area contributed by atoms with E-state index >= 15 is 0 Å². The number of esters is 1. The zero-order valence-electron chi connectivity index (χ0n) is 10.00. The number of carbonyl (C=O) groups is 1. The van der Waals surface area contributed by atoms with E-state index in [4.69, 9.17) is 27.9 Å². The third-order valence-electron chi connectivity index (χ3n) is 2.51. The maximum absolute atomic E-state index is 12.0. The first-order valence-electron chi connectivity index (χ1n) is 5.53. The molecule has 0 heterocycles. The Morgan fingerprint density at radius 2 is 1.60 bits per heavy atom. The van der Waals surface area contributed by atoms with Gasteiger partial charge in [0.15, 0.2) is 0 Å². The molecule has 0 unspecified atom stereocenters. The second-order valence-corrected chi connectivity index (χ2v) is 6.58. The van der Waals surface area contributed by atoms with Gasteiger partial charge < -0.3 is 4.74 Å². The van der Waals surface area contributed by atoms with Gasteiger partial charge in [-0.25, -0.2) is 4.79 Å². The van der Waals surface area contributed by atoms with Crippen LogP contribution in [-0.2, 0) is 11.3 Å². The first-order chi connectivity index (χ1) is 9.47. The number of hydrogen-bond acceptors (Lipinski definition) is 2. The van der Waals surface area contributed by atoms with E-state index in [1.54, 1.807) is 30.3 Å². The predicted octanol–water partition coefficient (Wildman–Crippen LogP) is 5.88. The van der Waals surface area contributed by atoms with E-state index in [1.807, 2.05) is 6.07 Å². The van der Waals surface area contributed by atoms with Gasteiger partial charge in [0.05, 0.1) is 10.6 Å². The number of ether oxygens (including phenoxy) is 1. The van der Waals surface area contributed by atoms with Crippen LogP contribution in [0.15, 0.2) is 45.3 Å². The minimum atomic E-state index is -0.493. The lowest BCUT2D eigenvalue weighted by atomic mass is 10.2. The molecule has 6 heteroatoms. The summed E-state index contributed by atoms with van der Waals surface area (Å²) in [7, 11) is 0. The van der Waals surface area contributed by atoms with E-state index in [2.05, 4.69) is 31.9 Å². The summed E-state index contributed by atoms with van der Waals surface area (Å²) in [4.78, 5) is 12.0. The van der Waals surface area contributed by atoms with Gasteiger partial charge in [-0.2, -0.15) is 0 Å².